The summed E-state index contributed by atoms with van der Waals surface area (Å²) in [5, 5.41) is 11.8. The van der Waals surface area contributed by atoms with Gasteiger partial charge in [-0.1, -0.05) is 30.5 Å². The standard InChI is InChI=1S/C76H110N23O39P5S3/c1-10-38-39(21-45(128-38)97-32-88-48-65(97)91-73(81)92-67(48)102)134-141(110,144)126-28-43-51(55(119-17-12-114-6)69(131-43)95-23-36(3)60(78)90-75(95)104)136-139(106,107)123-26-41-50(56(120-18-13-115-7)71(132-41)98-33-86-46-61(79)82-30-84-63(46)98)135-140(108,109)124-27-42-52(57(121-19-14-116-8)70(130-42)96-24-37(4)66(101)93-76(96)105)137-143(112,146)127-29-44-53(58(122-20-15-117-9)72(133-44)99-34-87-47-62(80)83-31-85-64(47)99)138-142(111,145)125-25-40-49(100)54(118-16-11-113-5)68(129-40)94-22-35(2)59(77)89-74(94)103/h22-24,30-34,38-45,49-58,68-72,100H,10-21,25-29H2,1-9H3,(H,106,107)(H,108,109)(H,110,144)(H,111,145)(H,112,146)(H2,77,89,103)(H2,78,90,104)(H2,79,82,84)(H2,80,83,85)(H,93,101,105)(H3,81,91,92,102)/p-5/t38-,39?,40-,41-,42-,43-,44-,45-,49?,50?,51?,52?,53?,54+,55+,56+,57+,58+,68-,69-,70-,71-,72-,141?,142?,143?/m1/s1. The molecular formula is C76H105N23O39P5S3-5. The number of H-pyrrole nitrogens is 2. The van der Waals surface area contributed by atoms with Crippen LogP contribution in [0.15, 0.2) is 74.2 Å². The molecule has 0 saturated carbocycles. The molecule has 0 bridgehead atoms. The van der Waals surface area contributed by atoms with E-state index in [9.17, 15) is 34.0 Å². The molecule has 15 rings (SSSR count). The van der Waals surface area contributed by atoms with Crippen LogP contribution in [0.25, 0.3) is 33.5 Å². The fraction of sp³-hybridized carbons (Fsp3) is 0.645. The van der Waals surface area contributed by atoms with Crippen molar-refractivity contribution < 1.29 is 159 Å². The third-order valence-corrected chi connectivity index (χ3v) is 30.3. The van der Waals surface area contributed by atoms with E-state index in [0.29, 0.717) is 5.56 Å². The van der Waals surface area contributed by atoms with Crippen LogP contribution in [-0.4, -0.2) is 331 Å². The number of fused-ring (bicyclic) bond motifs is 3. The Hall–Kier alpha value is -8.01. The molecule has 6 aliphatic rings. The van der Waals surface area contributed by atoms with Crippen molar-refractivity contribution in [2.75, 3.05) is 163 Å². The normalized spacial score (nSPS) is 29.1. The lowest BCUT2D eigenvalue weighted by molar-refractivity contribution is -0.241. The number of aromatic amines is 2. The van der Waals surface area contributed by atoms with E-state index in [4.69, 9.17) is 186 Å². The van der Waals surface area contributed by atoms with Gasteiger partial charge in [-0.2, -0.15) is 15.0 Å². The number of hydrogen-bond acceptors (Lipinski definition) is 57. The Labute approximate surface area is 840 Å². The lowest BCUT2D eigenvalue weighted by atomic mass is 10.1. The number of aryl methyl sites for hydroxylation is 3. The van der Waals surface area contributed by atoms with E-state index in [0.717, 1.165) is 38.9 Å². The summed E-state index contributed by atoms with van der Waals surface area (Å²) in [4.78, 5) is 173. The quantitative estimate of drug-likeness (QED) is 0.0103. The molecule has 0 aromatic carbocycles. The highest BCUT2D eigenvalue weighted by atomic mass is 32.7. The van der Waals surface area contributed by atoms with E-state index in [1.54, 1.807) is 13.8 Å². The van der Waals surface area contributed by atoms with Crippen LogP contribution >= 0.6 is 35.9 Å². The second-order valence-electron chi connectivity index (χ2n) is 33.3. The minimum absolute atomic E-state index is 0.0279. The molecule has 11 unspecified atom stereocenters. The molecule has 0 amide bonds. The highest BCUT2D eigenvalue weighted by Gasteiger charge is 2.57. The van der Waals surface area contributed by atoms with Crippen molar-refractivity contribution in [1.29, 1.82) is 0 Å². The van der Waals surface area contributed by atoms with Gasteiger partial charge in [0.1, 0.15) is 147 Å². The maximum absolute atomic E-state index is 15.6. The first-order valence-corrected chi connectivity index (χ1v) is 55.1. The summed E-state index contributed by atoms with van der Waals surface area (Å²) < 4.78 is 208. The summed E-state index contributed by atoms with van der Waals surface area (Å²) in [6.45, 7) is -16.9. The van der Waals surface area contributed by atoms with Crippen molar-refractivity contribution in [3.05, 3.63) is 119 Å². The zero-order valence-electron chi connectivity index (χ0n) is 78.9. The number of nitrogen functional groups attached to an aromatic ring is 5. The highest BCUT2D eigenvalue weighted by Crippen LogP contribution is 2.57. The Kier molecular flexibility index (Phi) is 37.1. The molecule has 62 nitrogen and oxygen atoms in total. The largest absolute Gasteiger partial charge is 0.780 e. The van der Waals surface area contributed by atoms with Crippen LogP contribution in [0, 0.1) is 20.8 Å². The number of aliphatic hydroxyl groups excluding tert-OH is 1. The second-order valence-corrected chi connectivity index (χ2v) is 44.1. The third kappa shape index (κ3) is 26.0. The molecule has 6 fully saturated rings. The highest BCUT2D eigenvalue weighted by molar-refractivity contribution is 8.32. The molecule has 0 spiro atoms. The minimum Gasteiger partial charge on any atom is -0.780 e. The SMILES string of the molecule is CC[C@H]1O[C@@H](n2cnc3c(=O)[nH]c(N)nc32)CC1OP([O-])(=S)OC[C@H]1O[C@@H](n2cc(C)c(N)nc2=O)[C@@H](OCCOC)C1OP(=O)([O-])OC[C@H]1O[C@@H](n2cnc3c(N)ncnc32)[C@@H](OCCOC)C1OP(=O)([O-])OC[C@H]1O[C@@H](n2cc(C)c(=O)[nH]c2=O)[C@@H](OCCOC)C1OP(=O)([S-])OC[C@H]1O[C@@H](n2cnc3c(N)ncnc32)[C@@H](OCCOC)C1OP([O-])(=S)OC[C@H]1O[C@@H](n2cc(C)c(N)nc2=O)[C@@H](OCCOC)C1O. The van der Waals surface area contributed by atoms with Crippen molar-refractivity contribution in [3.8, 4) is 0 Å². The van der Waals surface area contributed by atoms with Crippen molar-refractivity contribution in [3.63, 3.8) is 0 Å². The molecular weight excluding hydrogens is 2110 g/mol. The van der Waals surface area contributed by atoms with Gasteiger partial charge >= 0.3 is 17.1 Å². The van der Waals surface area contributed by atoms with Crippen molar-refractivity contribution in [2.45, 2.75) is 182 Å². The monoisotopic (exact) mass is 2210 g/mol. The zero-order valence-corrected chi connectivity index (χ0v) is 85.8. The molecule has 806 valence electrons. The summed E-state index contributed by atoms with van der Waals surface area (Å²) in [6, 6.07) is 0. The molecule has 13 N–H and O–H groups in total. The zero-order chi connectivity index (χ0) is 105. The van der Waals surface area contributed by atoms with Crippen LogP contribution in [0.5, 0.6) is 0 Å². The van der Waals surface area contributed by atoms with E-state index in [-0.39, 0.29) is 140 Å². The van der Waals surface area contributed by atoms with Crippen LogP contribution in [0.3, 0.4) is 0 Å². The summed E-state index contributed by atoms with van der Waals surface area (Å²) in [6.07, 6.45) is -28.4. The van der Waals surface area contributed by atoms with Crippen LogP contribution in [-0.2, 0) is 171 Å². The van der Waals surface area contributed by atoms with Crippen LogP contribution in [0.1, 0.15) is 73.8 Å². The summed E-state index contributed by atoms with van der Waals surface area (Å²) in [5.74, 6) is -0.759. The van der Waals surface area contributed by atoms with Crippen molar-refractivity contribution in [2.24, 2.45) is 0 Å². The van der Waals surface area contributed by atoms with E-state index in [1.807, 2.05) is 0 Å². The molecule has 70 heteroatoms. The average Bonchev–Trinajstić information content (AvgIpc) is 1.60. The third-order valence-electron chi connectivity index (χ3n) is 23.7. The van der Waals surface area contributed by atoms with E-state index >= 15 is 28.4 Å². The second kappa shape index (κ2) is 48.3. The number of nitrogens with one attached hydrogen (secondary N) is 2. The Morgan fingerprint density at radius 1 is 0.418 bits per heavy atom. The molecule has 6 aliphatic heterocycles. The molecule has 28 atom stereocenters. The van der Waals surface area contributed by atoms with E-state index < -0.39 is 251 Å². The predicted octanol–water partition coefficient (Wildman–Crippen LogP) is -3.83. The molecule has 146 heavy (non-hydrogen) atoms. The number of rotatable bonds is 52. The summed E-state index contributed by atoms with van der Waals surface area (Å²) >= 11 is 16.8. The number of nitrogens with zero attached hydrogens (tertiary/aromatic N) is 16. The number of imidazole rings is 3. The molecule has 15 heterocycles. The number of methoxy groups -OCH3 is 5. The first-order valence-electron chi connectivity index (χ1n) is 44.5. The molecule has 0 aliphatic carbocycles. The Morgan fingerprint density at radius 3 is 1.27 bits per heavy atom. The fourth-order valence-electron chi connectivity index (χ4n) is 16.7. The number of aliphatic hydroxyl groups is 1. The van der Waals surface area contributed by atoms with Crippen LogP contribution in [0.4, 0.5) is 29.2 Å². The topological polar surface area (TPSA) is 809 Å². The molecule has 9 aromatic rings. The van der Waals surface area contributed by atoms with Crippen molar-refractivity contribution >= 4 is 134 Å². The summed E-state index contributed by atoms with van der Waals surface area (Å²) in [7, 11) is -5.64. The molecule has 6 saturated heterocycles. The summed E-state index contributed by atoms with van der Waals surface area (Å²) in [5.41, 5.74) is 26.2. The Balaban J connectivity index is 0.718. The number of phosphoric ester groups is 2. The van der Waals surface area contributed by atoms with Crippen LogP contribution < -0.4 is 76.4 Å². The van der Waals surface area contributed by atoms with Gasteiger partial charge in [-0.3, -0.25) is 60.7 Å². The Bertz CT molecular complexity index is 6640. The number of phosphoric acid groups is 2. The van der Waals surface area contributed by atoms with Gasteiger partial charge in [0.25, 0.3) is 26.8 Å². The number of anilines is 5. The average molecular weight is 2220 g/mol. The first-order chi connectivity index (χ1) is 69.6. The van der Waals surface area contributed by atoms with Crippen LogP contribution in [0.2, 0.25) is 0 Å². The smallest absolute Gasteiger partial charge is 0.351 e. The van der Waals surface area contributed by atoms with Gasteiger partial charge < -0.3 is 187 Å². The van der Waals surface area contributed by atoms with Gasteiger partial charge in [-0.05, 0) is 27.2 Å². The van der Waals surface area contributed by atoms with Gasteiger partial charge in [0, 0.05) is 77.3 Å². The predicted molar refractivity (Wildman–Crippen MR) is 499 cm³/mol. The molecule has 0 radical (unpaired) electrons. The number of ether oxygens (including phenoxy) is 16. The van der Waals surface area contributed by atoms with Gasteiger partial charge in [0.2, 0.25) is 5.95 Å². The lowest BCUT2D eigenvalue weighted by Crippen LogP contribution is -2.42. The molecule has 9 aromatic heterocycles. The number of nitrogens with two attached hydrogens (primary N) is 5. The maximum Gasteiger partial charge on any atom is 0.351 e. The van der Waals surface area contributed by atoms with Gasteiger partial charge in [-0.25, -0.2) is 49.3 Å². The minimum atomic E-state index is -6.21. The van der Waals surface area contributed by atoms with Gasteiger partial charge in [0.05, 0.1) is 130 Å². The van der Waals surface area contributed by atoms with E-state index in [1.165, 1.54) is 88.1 Å². The maximum atomic E-state index is 15.6. The fourth-order valence-corrected chi connectivity index (χ4v) is 22.9. The number of hydrogen-bond donors (Lipinski definition) is 8. The number of aromatic nitrogens is 18. The van der Waals surface area contributed by atoms with Gasteiger partial charge in [-0.15, -0.1) is 0 Å². The lowest BCUT2D eigenvalue weighted by Gasteiger charge is -2.36. The van der Waals surface area contributed by atoms with Crippen molar-refractivity contribution in [1.82, 2.24) is 87.2 Å². The first kappa shape index (κ1) is 112. The van der Waals surface area contributed by atoms with E-state index in [2.05, 4.69) is 59.8 Å². The Morgan fingerprint density at radius 2 is 0.801 bits per heavy atom. The van der Waals surface area contributed by atoms with Gasteiger partial charge in [0.15, 0.2) is 72.0 Å².